The molecule has 2 aromatic carbocycles. The number of benzene rings is 2. The monoisotopic (exact) mass is 390 g/mol. The zero-order chi connectivity index (χ0) is 20.0. The lowest BCUT2D eigenvalue weighted by atomic mass is 10.1. The van der Waals surface area contributed by atoms with E-state index in [0.29, 0.717) is 5.69 Å². The number of amides is 1. The quantitative estimate of drug-likeness (QED) is 0.732. The molecule has 2 rings (SSSR count). The minimum atomic E-state index is -3.59. The van der Waals surface area contributed by atoms with Crippen LogP contribution in [0.3, 0.4) is 0 Å². The van der Waals surface area contributed by atoms with E-state index in [1.54, 1.807) is 18.2 Å². The van der Waals surface area contributed by atoms with Crippen LogP contribution in [0.5, 0.6) is 0 Å². The first kappa shape index (κ1) is 20.6. The minimum absolute atomic E-state index is 0.0920. The van der Waals surface area contributed by atoms with Gasteiger partial charge in [0.15, 0.2) is 0 Å². The van der Waals surface area contributed by atoms with Crippen LogP contribution in [0.2, 0.25) is 0 Å². The van der Waals surface area contributed by atoms with Crippen molar-refractivity contribution >= 4 is 27.6 Å². The molecule has 0 aliphatic rings. The van der Waals surface area contributed by atoms with Crippen LogP contribution in [0.1, 0.15) is 21.5 Å². The summed E-state index contributed by atoms with van der Waals surface area (Å²) in [6.07, 6.45) is 1.06. The molecule has 0 radical (unpaired) electrons. The Morgan fingerprint density at radius 2 is 1.78 bits per heavy atom. The summed E-state index contributed by atoms with van der Waals surface area (Å²) in [5, 5.41) is 2.61. The maximum atomic E-state index is 12.3. The van der Waals surface area contributed by atoms with Gasteiger partial charge >= 0.3 is 5.97 Å². The van der Waals surface area contributed by atoms with Crippen molar-refractivity contribution in [2.24, 2.45) is 0 Å². The Morgan fingerprint density at radius 1 is 1.11 bits per heavy atom. The van der Waals surface area contributed by atoms with E-state index in [2.05, 4.69) is 10.1 Å². The first-order chi connectivity index (χ1) is 12.7. The van der Waals surface area contributed by atoms with Crippen molar-refractivity contribution in [3.63, 3.8) is 0 Å². The van der Waals surface area contributed by atoms with E-state index in [4.69, 9.17) is 0 Å². The molecule has 144 valence electrons. The summed E-state index contributed by atoms with van der Waals surface area (Å²) in [7, 11) is -2.32. The number of carbonyl (C=O) groups is 2. The van der Waals surface area contributed by atoms with Gasteiger partial charge in [0.05, 0.1) is 25.5 Å². The molecule has 0 fully saturated rings. The molecule has 7 nitrogen and oxygen atoms in total. The van der Waals surface area contributed by atoms with E-state index in [1.807, 2.05) is 31.2 Å². The molecular formula is C19H22N2O5S. The van der Waals surface area contributed by atoms with Crippen LogP contribution in [-0.4, -0.2) is 44.5 Å². The average molecular weight is 390 g/mol. The lowest BCUT2D eigenvalue weighted by molar-refractivity contribution is -0.116. The molecule has 2 aromatic rings. The van der Waals surface area contributed by atoms with Crippen LogP contribution in [0, 0.1) is 6.92 Å². The van der Waals surface area contributed by atoms with E-state index in [-0.39, 0.29) is 18.7 Å². The fraction of sp³-hybridized carbons (Fsp3) is 0.263. The molecule has 8 heteroatoms. The molecule has 0 aromatic heterocycles. The summed E-state index contributed by atoms with van der Waals surface area (Å²) in [5.41, 5.74) is 2.51. The summed E-state index contributed by atoms with van der Waals surface area (Å²) in [6.45, 7) is 1.69. The number of sulfonamides is 1. The highest BCUT2D eigenvalue weighted by molar-refractivity contribution is 7.88. The predicted molar refractivity (Wildman–Crippen MR) is 103 cm³/mol. The Morgan fingerprint density at radius 3 is 2.37 bits per heavy atom. The third-order valence-electron chi connectivity index (χ3n) is 3.84. The molecule has 0 heterocycles. The van der Waals surface area contributed by atoms with Crippen molar-refractivity contribution in [1.82, 2.24) is 4.31 Å². The number of nitrogens with one attached hydrogen (secondary N) is 1. The molecule has 27 heavy (non-hydrogen) atoms. The minimum Gasteiger partial charge on any atom is -0.465 e. The number of hydrogen-bond acceptors (Lipinski definition) is 5. The van der Waals surface area contributed by atoms with Gasteiger partial charge in [-0.05, 0) is 30.7 Å². The second-order valence-electron chi connectivity index (χ2n) is 6.14. The fourth-order valence-electron chi connectivity index (χ4n) is 2.39. The van der Waals surface area contributed by atoms with E-state index < -0.39 is 21.9 Å². The lowest BCUT2D eigenvalue weighted by Crippen LogP contribution is -2.36. The number of anilines is 1. The number of nitrogens with zero attached hydrogens (tertiary/aromatic N) is 1. The largest absolute Gasteiger partial charge is 0.465 e. The van der Waals surface area contributed by atoms with Gasteiger partial charge in [-0.3, -0.25) is 4.79 Å². The van der Waals surface area contributed by atoms with Crippen molar-refractivity contribution < 1.29 is 22.7 Å². The van der Waals surface area contributed by atoms with Crippen LogP contribution in [0.4, 0.5) is 5.69 Å². The van der Waals surface area contributed by atoms with Crippen molar-refractivity contribution in [3.8, 4) is 0 Å². The molecule has 0 unspecified atom stereocenters. The molecule has 0 bridgehead atoms. The number of methoxy groups -OCH3 is 1. The third kappa shape index (κ3) is 6.19. The van der Waals surface area contributed by atoms with Crippen LogP contribution >= 0.6 is 0 Å². The van der Waals surface area contributed by atoms with E-state index in [9.17, 15) is 18.0 Å². The fourth-order valence-corrected chi connectivity index (χ4v) is 3.13. The molecule has 0 aliphatic heterocycles. The standard InChI is InChI=1S/C19H22N2O5S/c1-14-7-9-15(10-8-14)12-21(27(3,24)25)13-18(22)20-17-6-4-5-16(11-17)19(23)26-2/h4-11H,12-13H2,1-3H3,(H,20,22). The molecule has 0 spiro atoms. The Kier molecular flexibility index (Phi) is 6.70. The number of aryl methyl sites for hydroxylation is 1. The molecule has 1 amide bonds. The topological polar surface area (TPSA) is 92.8 Å². The van der Waals surface area contributed by atoms with Crippen molar-refractivity contribution in [1.29, 1.82) is 0 Å². The second kappa shape index (κ2) is 8.79. The molecule has 1 N–H and O–H groups in total. The van der Waals surface area contributed by atoms with Crippen LogP contribution in [0.25, 0.3) is 0 Å². The van der Waals surface area contributed by atoms with E-state index in [1.165, 1.54) is 13.2 Å². The Labute approximate surface area is 159 Å². The summed E-state index contributed by atoms with van der Waals surface area (Å²) < 4.78 is 29.9. The number of rotatable bonds is 7. The number of ether oxygens (including phenoxy) is 1. The van der Waals surface area contributed by atoms with Gasteiger partial charge in [0.2, 0.25) is 15.9 Å². The molecule has 0 aliphatic carbocycles. The Balaban J connectivity index is 2.10. The van der Waals surface area contributed by atoms with Crippen LogP contribution < -0.4 is 5.32 Å². The summed E-state index contributed by atoms with van der Waals surface area (Å²) in [4.78, 5) is 23.9. The van der Waals surface area contributed by atoms with Crippen LogP contribution in [0.15, 0.2) is 48.5 Å². The van der Waals surface area contributed by atoms with Crippen LogP contribution in [-0.2, 0) is 26.1 Å². The van der Waals surface area contributed by atoms with Gasteiger partial charge in [0, 0.05) is 12.2 Å². The van der Waals surface area contributed by atoms with Gasteiger partial charge in [0.25, 0.3) is 0 Å². The van der Waals surface area contributed by atoms with Crippen molar-refractivity contribution in [2.45, 2.75) is 13.5 Å². The highest BCUT2D eigenvalue weighted by Crippen LogP contribution is 2.13. The van der Waals surface area contributed by atoms with Gasteiger partial charge in [-0.25, -0.2) is 13.2 Å². The first-order valence-corrected chi connectivity index (χ1v) is 10.0. The maximum Gasteiger partial charge on any atom is 0.337 e. The number of carbonyl (C=O) groups excluding carboxylic acids is 2. The number of hydrogen-bond donors (Lipinski definition) is 1. The van der Waals surface area contributed by atoms with Gasteiger partial charge in [-0.15, -0.1) is 0 Å². The highest BCUT2D eigenvalue weighted by atomic mass is 32.2. The maximum absolute atomic E-state index is 12.3. The van der Waals surface area contributed by atoms with E-state index in [0.717, 1.165) is 21.7 Å². The van der Waals surface area contributed by atoms with Crippen molar-refractivity contribution in [3.05, 3.63) is 65.2 Å². The molecule has 0 saturated heterocycles. The predicted octanol–water partition coefficient (Wildman–Crippen LogP) is 2.18. The second-order valence-corrected chi connectivity index (χ2v) is 8.12. The summed E-state index contributed by atoms with van der Waals surface area (Å²) in [5.74, 6) is -1.03. The first-order valence-electron chi connectivity index (χ1n) is 8.18. The zero-order valence-electron chi connectivity index (χ0n) is 15.4. The van der Waals surface area contributed by atoms with Gasteiger partial charge in [0.1, 0.15) is 0 Å². The van der Waals surface area contributed by atoms with Gasteiger partial charge in [-0.1, -0.05) is 35.9 Å². The smallest absolute Gasteiger partial charge is 0.337 e. The van der Waals surface area contributed by atoms with E-state index >= 15 is 0 Å². The Bertz CT molecular complexity index is 923. The lowest BCUT2D eigenvalue weighted by Gasteiger charge is -2.20. The molecule has 0 atom stereocenters. The SMILES string of the molecule is COC(=O)c1cccc(NC(=O)CN(Cc2ccc(C)cc2)S(C)(=O)=O)c1. The normalized spacial score (nSPS) is 11.3. The molecule has 0 saturated carbocycles. The summed E-state index contributed by atoms with van der Waals surface area (Å²) >= 11 is 0. The average Bonchev–Trinajstić information content (AvgIpc) is 2.61. The Hall–Kier alpha value is -2.71. The highest BCUT2D eigenvalue weighted by Gasteiger charge is 2.21. The van der Waals surface area contributed by atoms with Crippen molar-refractivity contribution in [2.75, 3.05) is 25.2 Å². The third-order valence-corrected chi connectivity index (χ3v) is 5.03. The van der Waals surface area contributed by atoms with Gasteiger partial charge < -0.3 is 10.1 Å². The van der Waals surface area contributed by atoms with Gasteiger partial charge in [-0.2, -0.15) is 4.31 Å². The zero-order valence-corrected chi connectivity index (χ0v) is 16.2. The number of esters is 1. The summed E-state index contributed by atoms with van der Waals surface area (Å²) in [6, 6.07) is 13.6. The molecular weight excluding hydrogens is 368 g/mol.